The Morgan fingerprint density at radius 3 is 2.80 bits per heavy atom. The van der Waals surface area contributed by atoms with Crippen LogP contribution in [0.2, 0.25) is 0 Å². The molecule has 2 N–H and O–H groups in total. The zero-order valence-electron chi connectivity index (χ0n) is 12.2. The van der Waals surface area contributed by atoms with Crippen LogP contribution in [0.5, 0.6) is 0 Å². The monoisotopic (exact) mass is 270 g/mol. The summed E-state index contributed by atoms with van der Waals surface area (Å²) in [7, 11) is 0. The summed E-state index contributed by atoms with van der Waals surface area (Å²) < 4.78 is 0. The number of amides is 1. The van der Waals surface area contributed by atoms with Crippen LogP contribution in [0, 0.1) is 11.3 Å². The largest absolute Gasteiger partial charge is 0.361 e. The Labute approximate surface area is 119 Å². The highest BCUT2D eigenvalue weighted by atomic mass is 16.1. The standard InChI is InChI=1S/C17H22N2O/c1-12(2)17(7-8-17)11-19-16(20)9-13-10-18-15-6-4-3-5-14(13)15/h3-6,10,12,18H,7-9,11H2,1-2H3,(H,19,20). The zero-order chi connectivity index (χ0) is 14.2. The van der Waals surface area contributed by atoms with Gasteiger partial charge in [-0.3, -0.25) is 4.79 Å². The quantitative estimate of drug-likeness (QED) is 0.860. The maximum absolute atomic E-state index is 12.1. The summed E-state index contributed by atoms with van der Waals surface area (Å²) in [6, 6.07) is 8.11. The van der Waals surface area contributed by atoms with E-state index >= 15 is 0 Å². The molecule has 1 aromatic carbocycles. The van der Waals surface area contributed by atoms with Crippen molar-refractivity contribution >= 4 is 16.8 Å². The minimum absolute atomic E-state index is 0.127. The molecule has 106 valence electrons. The molecule has 1 aromatic heterocycles. The lowest BCUT2D eigenvalue weighted by Crippen LogP contribution is -2.33. The van der Waals surface area contributed by atoms with Gasteiger partial charge in [0.25, 0.3) is 0 Å². The van der Waals surface area contributed by atoms with Gasteiger partial charge < -0.3 is 10.3 Å². The first-order valence-corrected chi connectivity index (χ1v) is 7.42. The van der Waals surface area contributed by atoms with E-state index in [1.165, 1.54) is 12.8 Å². The summed E-state index contributed by atoms with van der Waals surface area (Å²) in [6.45, 7) is 5.32. The number of hydrogen-bond acceptors (Lipinski definition) is 1. The van der Waals surface area contributed by atoms with Crippen molar-refractivity contribution in [2.75, 3.05) is 6.54 Å². The second kappa shape index (κ2) is 4.97. The minimum atomic E-state index is 0.127. The smallest absolute Gasteiger partial charge is 0.224 e. The highest BCUT2D eigenvalue weighted by Crippen LogP contribution is 2.51. The summed E-state index contributed by atoms with van der Waals surface area (Å²) in [5.74, 6) is 0.776. The van der Waals surface area contributed by atoms with Crippen molar-refractivity contribution in [3.05, 3.63) is 36.0 Å². The van der Waals surface area contributed by atoms with E-state index in [2.05, 4.69) is 30.2 Å². The first-order valence-electron chi connectivity index (χ1n) is 7.42. The fraction of sp³-hybridized carbons (Fsp3) is 0.471. The lowest BCUT2D eigenvalue weighted by atomic mass is 9.92. The Kier molecular flexibility index (Phi) is 3.28. The number of H-pyrrole nitrogens is 1. The van der Waals surface area contributed by atoms with Crippen LogP contribution in [0.25, 0.3) is 10.9 Å². The van der Waals surface area contributed by atoms with Gasteiger partial charge in [0.2, 0.25) is 5.91 Å². The van der Waals surface area contributed by atoms with Crippen LogP contribution >= 0.6 is 0 Å². The third-order valence-electron chi connectivity index (χ3n) is 4.78. The molecule has 20 heavy (non-hydrogen) atoms. The van der Waals surface area contributed by atoms with Gasteiger partial charge in [0.15, 0.2) is 0 Å². The molecule has 0 unspecified atom stereocenters. The van der Waals surface area contributed by atoms with Crippen LogP contribution in [-0.4, -0.2) is 17.4 Å². The van der Waals surface area contributed by atoms with Crippen LogP contribution in [0.1, 0.15) is 32.3 Å². The van der Waals surface area contributed by atoms with E-state index in [-0.39, 0.29) is 5.91 Å². The fourth-order valence-corrected chi connectivity index (χ4v) is 2.91. The number of carbonyl (C=O) groups is 1. The van der Waals surface area contributed by atoms with E-state index in [4.69, 9.17) is 0 Å². The van der Waals surface area contributed by atoms with E-state index in [0.29, 0.717) is 17.8 Å². The Morgan fingerprint density at radius 1 is 1.35 bits per heavy atom. The van der Waals surface area contributed by atoms with Crippen LogP contribution in [-0.2, 0) is 11.2 Å². The van der Waals surface area contributed by atoms with E-state index in [0.717, 1.165) is 23.0 Å². The second-order valence-electron chi connectivity index (χ2n) is 6.33. The van der Waals surface area contributed by atoms with Crippen LogP contribution in [0.3, 0.4) is 0 Å². The summed E-state index contributed by atoms with van der Waals surface area (Å²) in [5, 5.41) is 4.26. The highest BCUT2D eigenvalue weighted by Gasteiger charge is 2.45. The normalized spacial score (nSPS) is 16.6. The molecule has 1 aliphatic carbocycles. The number of rotatable bonds is 5. The average molecular weight is 270 g/mol. The molecule has 1 aliphatic rings. The first-order chi connectivity index (χ1) is 9.61. The van der Waals surface area contributed by atoms with Crippen LogP contribution < -0.4 is 5.32 Å². The molecule has 0 spiro atoms. The molecule has 0 saturated heterocycles. The van der Waals surface area contributed by atoms with Gasteiger partial charge >= 0.3 is 0 Å². The third-order valence-corrected chi connectivity index (χ3v) is 4.78. The topological polar surface area (TPSA) is 44.9 Å². The van der Waals surface area contributed by atoms with E-state index < -0.39 is 0 Å². The van der Waals surface area contributed by atoms with E-state index in [1.54, 1.807) is 0 Å². The lowest BCUT2D eigenvalue weighted by Gasteiger charge is -2.19. The van der Waals surface area contributed by atoms with Crippen LogP contribution in [0.4, 0.5) is 0 Å². The van der Waals surface area contributed by atoms with Gasteiger partial charge in [0.05, 0.1) is 6.42 Å². The van der Waals surface area contributed by atoms with Gasteiger partial charge in [0, 0.05) is 23.6 Å². The SMILES string of the molecule is CC(C)C1(CNC(=O)Cc2c[nH]c3ccccc23)CC1. The van der Waals surface area contributed by atoms with Crippen molar-refractivity contribution in [2.24, 2.45) is 11.3 Å². The van der Waals surface area contributed by atoms with Gasteiger partial charge in [-0.05, 0) is 35.8 Å². The van der Waals surface area contributed by atoms with Gasteiger partial charge in [-0.15, -0.1) is 0 Å². The number of nitrogens with one attached hydrogen (secondary N) is 2. The molecule has 1 fully saturated rings. The molecule has 0 radical (unpaired) electrons. The fourth-order valence-electron chi connectivity index (χ4n) is 2.91. The lowest BCUT2D eigenvalue weighted by molar-refractivity contribution is -0.120. The number of para-hydroxylation sites is 1. The number of aromatic nitrogens is 1. The second-order valence-corrected chi connectivity index (χ2v) is 6.33. The predicted octanol–water partition coefficient (Wildman–Crippen LogP) is 3.26. The van der Waals surface area contributed by atoms with E-state index in [1.807, 2.05) is 24.4 Å². The molecule has 3 heteroatoms. The summed E-state index contributed by atoms with van der Waals surface area (Å²) >= 11 is 0. The number of carbonyl (C=O) groups excluding carboxylic acids is 1. The summed E-state index contributed by atoms with van der Waals surface area (Å²) in [6.07, 6.45) is 4.90. The van der Waals surface area contributed by atoms with Crippen molar-refractivity contribution in [1.29, 1.82) is 0 Å². The van der Waals surface area contributed by atoms with Crippen molar-refractivity contribution in [3.8, 4) is 0 Å². The van der Waals surface area contributed by atoms with Crippen molar-refractivity contribution in [1.82, 2.24) is 10.3 Å². The number of fused-ring (bicyclic) bond motifs is 1. The van der Waals surface area contributed by atoms with Crippen molar-refractivity contribution < 1.29 is 4.79 Å². The Morgan fingerprint density at radius 2 is 2.10 bits per heavy atom. The first kappa shape index (κ1) is 13.2. The number of benzene rings is 1. The average Bonchev–Trinajstić information content (AvgIpc) is 3.14. The van der Waals surface area contributed by atoms with Gasteiger partial charge in [-0.25, -0.2) is 0 Å². The van der Waals surface area contributed by atoms with Gasteiger partial charge in [-0.1, -0.05) is 32.0 Å². The molecule has 3 rings (SSSR count). The Hall–Kier alpha value is -1.77. The Balaban J connectivity index is 1.62. The molecular formula is C17H22N2O. The molecule has 0 bridgehead atoms. The van der Waals surface area contributed by atoms with Gasteiger partial charge in [0.1, 0.15) is 0 Å². The molecule has 3 nitrogen and oxygen atoms in total. The summed E-state index contributed by atoms with van der Waals surface area (Å²) in [4.78, 5) is 15.3. The predicted molar refractivity (Wildman–Crippen MR) is 81.5 cm³/mol. The third kappa shape index (κ3) is 2.45. The molecule has 1 amide bonds. The van der Waals surface area contributed by atoms with Crippen molar-refractivity contribution in [3.63, 3.8) is 0 Å². The molecule has 2 aromatic rings. The van der Waals surface area contributed by atoms with E-state index in [9.17, 15) is 4.79 Å². The van der Waals surface area contributed by atoms with Crippen LogP contribution in [0.15, 0.2) is 30.5 Å². The number of aromatic amines is 1. The Bertz CT molecular complexity index is 623. The maximum atomic E-state index is 12.1. The maximum Gasteiger partial charge on any atom is 0.224 e. The number of hydrogen-bond donors (Lipinski definition) is 2. The zero-order valence-corrected chi connectivity index (χ0v) is 12.2. The van der Waals surface area contributed by atoms with Crippen molar-refractivity contribution in [2.45, 2.75) is 33.1 Å². The molecule has 0 atom stereocenters. The molecule has 1 heterocycles. The molecular weight excluding hydrogens is 248 g/mol. The van der Waals surface area contributed by atoms with Gasteiger partial charge in [-0.2, -0.15) is 0 Å². The molecule has 1 saturated carbocycles. The molecule has 0 aliphatic heterocycles. The summed E-state index contributed by atoms with van der Waals surface area (Å²) in [5.41, 5.74) is 2.54. The minimum Gasteiger partial charge on any atom is -0.361 e. The highest BCUT2D eigenvalue weighted by molar-refractivity contribution is 5.88.